The number of ether oxygens (including phenoxy) is 1. The standard InChI is InChI=1S/C14H19N5O/c1-10(8-20-9-12-6-4-3-5-7-12)16-14-18-11(2)17-13(15)19-14/h3-7,10H,8-9H2,1-2H3,(H3,15,16,17,18,19). The van der Waals surface area contributed by atoms with Gasteiger partial charge in [0.15, 0.2) is 0 Å². The molecule has 1 aromatic carbocycles. The molecule has 1 atom stereocenters. The fourth-order valence-corrected chi connectivity index (χ4v) is 1.76. The molecule has 1 unspecified atom stereocenters. The first-order valence-electron chi connectivity index (χ1n) is 6.50. The van der Waals surface area contributed by atoms with Crippen LogP contribution in [0.4, 0.5) is 11.9 Å². The Bertz CT molecular complexity index is 526. The van der Waals surface area contributed by atoms with Crippen LogP contribution in [0.1, 0.15) is 18.3 Å². The Labute approximate surface area is 118 Å². The van der Waals surface area contributed by atoms with Crippen molar-refractivity contribution in [2.24, 2.45) is 0 Å². The van der Waals surface area contributed by atoms with Gasteiger partial charge >= 0.3 is 0 Å². The SMILES string of the molecule is Cc1nc(N)nc(NC(C)COCc2ccccc2)n1. The van der Waals surface area contributed by atoms with Gasteiger partial charge in [-0.3, -0.25) is 0 Å². The molecule has 2 aromatic rings. The Balaban J connectivity index is 1.79. The number of rotatable bonds is 6. The normalized spacial score (nSPS) is 12.1. The van der Waals surface area contributed by atoms with Crippen molar-refractivity contribution in [1.29, 1.82) is 0 Å². The number of aromatic nitrogens is 3. The Kier molecular flexibility index (Phi) is 4.84. The summed E-state index contributed by atoms with van der Waals surface area (Å²) < 4.78 is 5.65. The second kappa shape index (κ2) is 6.81. The Morgan fingerprint density at radius 1 is 1.20 bits per heavy atom. The predicted molar refractivity (Wildman–Crippen MR) is 78.2 cm³/mol. The third-order valence-electron chi connectivity index (χ3n) is 2.62. The van der Waals surface area contributed by atoms with Crippen LogP contribution in [-0.2, 0) is 11.3 Å². The molecule has 0 bridgehead atoms. The van der Waals surface area contributed by atoms with Crippen LogP contribution < -0.4 is 11.1 Å². The van der Waals surface area contributed by atoms with Crippen LogP contribution in [0, 0.1) is 6.92 Å². The molecule has 0 spiro atoms. The zero-order chi connectivity index (χ0) is 14.4. The highest BCUT2D eigenvalue weighted by Crippen LogP contribution is 2.05. The van der Waals surface area contributed by atoms with Crippen molar-refractivity contribution in [2.75, 3.05) is 17.7 Å². The van der Waals surface area contributed by atoms with E-state index < -0.39 is 0 Å². The third kappa shape index (κ3) is 4.47. The molecule has 0 amide bonds. The van der Waals surface area contributed by atoms with Crippen molar-refractivity contribution in [3.8, 4) is 0 Å². The van der Waals surface area contributed by atoms with E-state index in [-0.39, 0.29) is 12.0 Å². The molecule has 6 heteroatoms. The lowest BCUT2D eigenvalue weighted by Gasteiger charge is -2.14. The highest BCUT2D eigenvalue weighted by molar-refractivity contribution is 5.31. The topological polar surface area (TPSA) is 86.0 Å². The molecule has 0 saturated carbocycles. The molecule has 3 N–H and O–H groups in total. The summed E-state index contributed by atoms with van der Waals surface area (Å²) in [5, 5.41) is 3.14. The van der Waals surface area contributed by atoms with E-state index in [0.717, 1.165) is 5.56 Å². The first-order valence-corrected chi connectivity index (χ1v) is 6.50. The smallest absolute Gasteiger partial charge is 0.228 e. The van der Waals surface area contributed by atoms with Gasteiger partial charge < -0.3 is 15.8 Å². The van der Waals surface area contributed by atoms with Crippen LogP contribution in [-0.4, -0.2) is 27.6 Å². The molecule has 0 aliphatic rings. The van der Waals surface area contributed by atoms with Crippen molar-refractivity contribution >= 4 is 11.9 Å². The lowest BCUT2D eigenvalue weighted by Crippen LogP contribution is -2.23. The molecule has 0 aliphatic carbocycles. The molecular weight excluding hydrogens is 254 g/mol. The molecule has 1 aromatic heterocycles. The quantitative estimate of drug-likeness (QED) is 0.834. The minimum Gasteiger partial charge on any atom is -0.375 e. The molecule has 2 rings (SSSR count). The van der Waals surface area contributed by atoms with Crippen molar-refractivity contribution < 1.29 is 4.74 Å². The van der Waals surface area contributed by atoms with Gasteiger partial charge in [-0.05, 0) is 19.4 Å². The van der Waals surface area contributed by atoms with Crippen molar-refractivity contribution in [3.63, 3.8) is 0 Å². The summed E-state index contributed by atoms with van der Waals surface area (Å²) in [6.45, 7) is 4.92. The van der Waals surface area contributed by atoms with E-state index >= 15 is 0 Å². The van der Waals surface area contributed by atoms with Gasteiger partial charge in [0.2, 0.25) is 11.9 Å². The Morgan fingerprint density at radius 3 is 2.65 bits per heavy atom. The van der Waals surface area contributed by atoms with Crippen LogP contribution in [0.15, 0.2) is 30.3 Å². The van der Waals surface area contributed by atoms with E-state index in [2.05, 4.69) is 20.3 Å². The molecule has 0 saturated heterocycles. The van der Waals surface area contributed by atoms with E-state index in [0.29, 0.717) is 25.0 Å². The number of hydrogen-bond donors (Lipinski definition) is 2. The average Bonchev–Trinajstić information content (AvgIpc) is 2.38. The van der Waals surface area contributed by atoms with E-state index in [9.17, 15) is 0 Å². The number of nitrogens with zero attached hydrogens (tertiary/aromatic N) is 3. The monoisotopic (exact) mass is 273 g/mol. The summed E-state index contributed by atoms with van der Waals surface area (Å²) in [6, 6.07) is 10.1. The first-order chi connectivity index (χ1) is 9.63. The fraction of sp³-hybridized carbons (Fsp3) is 0.357. The maximum atomic E-state index is 5.65. The summed E-state index contributed by atoms with van der Waals surface area (Å²) in [7, 11) is 0. The number of nitrogen functional groups attached to an aromatic ring is 1. The second-order valence-electron chi connectivity index (χ2n) is 4.61. The predicted octanol–water partition coefficient (Wildman–Crippen LogP) is 1.78. The van der Waals surface area contributed by atoms with Crippen LogP contribution in [0.3, 0.4) is 0 Å². The first kappa shape index (κ1) is 14.2. The average molecular weight is 273 g/mol. The minimum absolute atomic E-state index is 0.0833. The van der Waals surface area contributed by atoms with E-state index in [4.69, 9.17) is 10.5 Å². The Hall–Kier alpha value is -2.21. The molecule has 20 heavy (non-hydrogen) atoms. The van der Waals surface area contributed by atoms with E-state index in [1.807, 2.05) is 37.3 Å². The Morgan fingerprint density at radius 2 is 1.95 bits per heavy atom. The van der Waals surface area contributed by atoms with Gasteiger partial charge in [-0.2, -0.15) is 15.0 Å². The number of nitrogens with two attached hydrogens (primary N) is 1. The number of benzene rings is 1. The number of hydrogen-bond acceptors (Lipinski definition) is 6. The number of nitrogens with one attached hydrogen (secondary N) is 1. The number of aryl methyl sites for hydroxylation is 1. The molecule has 6 nitrogen and oxygen atoms in total. The third-order valence-corrected chi connectivity index (χ3v) is 2.62. The molecule has 0 fully saturated rings. The van der Waals surface area contributed by atoms with Crippen LogP contribution >= 0.6 is 0 Å². The molecule has 106 valence electrons. The summed E-state index contributed by atoms with van der Waals surface area (Å²) >= 11 is 0. The van der Waals surface area contributed by atoms with Crippen molar-refractivity contribution in [2.45, 2.75) is 26.5 Å². The lowest BCUT2D eigenvalue weighted by atomic mass is 10.2. The van der Waals surface area contributed by atoms with Crippen LogP contribution in [0.5, 0.6) is 0 Å². The van der Waals surface area contributed by atoms with Gasteiger partial charge in [0.25, 0.3) is 0 Å². The number of anilines is 2. The molecule has 0 radical (unpaired) electrons. The van der Waals surface area contributed by atoms with Gasteiger partial charge in [-0.25, -0.2) is 0 Å². The maximum Gasteiger partial charge on any atom is 0.228 e. The summed E-state index contributed by atoms with van der Waals surface area (Å²) in [5.41, 5.74) is 6.73. The summed E-state index contributed by atoms with van der Waals surface area (Å²) in [5.74, 6) is 1.29. The summed E-state index contributed by atoms with van der Waals surface area (Å²) in [4.78, 5) is 12.1. The fourth-order valence-electron chi connectivity index (χ4n) is 1.76. The van der Waals surface area contributed by atoms with Gasteiger partial charge in [0.05, 0.1) is 13.2 Å². The minimum atomic E-state index is 0.0833. The highest BCUT2D eigenvalue weighted by Gasteiger charge is 2.06. The van der Waals surface area contributed by atoms with Gasteiger partial charge in [-0.15, -0.1) is 0 Å². The zero-order valence-corrected chi connectivity index (χ0v) is 11.7. The molecule has 1 heterocycles. The largest absolute Gasteiger partial charge is 0.375 e. The van der Waals surface area contributed by atoms with Crippen molar-refractivity contribution in [3.05, 3.63) is 41.7 Å². The van der Waals surface area contributed by atoms with Crippen LogP contribution in [0.2, 0.25) is 0 Å². The van der Waals surface area contributed by atoms with Crippen molar-refractivity contribution in [1.82, 2.24) is 15.0 Å². The summed E-state index contributed by atoms with van der Waals surface area (Å²) in [6.07, 6.45) is 0. The lowest BCUT2D eigenvalue weighted by molar-refractivity contribution is 0.115. The van der Waals surface area contributed by atoms with Crippen LogP contribution in [0.25, 0.3) is 0 Å². The highest BCUT2D eigenvalue weighted by atomic mass is 16.5. The van der Waals surface area contributed by atoms with Gasteiger partial charge in [0, 0.05) is 6.04 Å². The molecular formula is C14H19N5O. The molecule has 0 aliphatic heterocycles. The van der Waals surface area contributed by atoms with Gasteiger partial charge in [-0.1, -0.05) is 30.3 Å². The zero-order valence-electron chi connectivity index (χ0n) is 11.7. The second-order valence-corrected chi connectivity index (χ2v) is 4.61. The van der Waals surface area contributed by atoms with E-state index in [1.165, 1.54) is 0 Å². The maximum absolute atomic E-state index is 5.65. The van der Waals surface area contributed by atoms with Gasteiger partial charge in [0.1, 0.15) is 5.82 Å². The van der Waals surface area contributed by atoms with E-state index in [1.54, 1.807) is 6.92 Å².